The first-order chi connectivity index (χ1) is 17.8. The van der Waals surface area contributed by atoms with E-state index in [4.69, 9.17) is 32.4 Å². The molecule has 1 aliphatic rings. The van der Waals surface area contributed by atoms with Crippen molar-refractivity contribution in [2.75, 3.05) is 6.61 Å². The molecule has 2 aromatic heterocycles. The molecule has 2 aromatic carbocycles. The highest BCUT2D eigenvalue weighted by molar-refractivity contribution is 7.07. The van der Waals surface area contributed by atoms with Gasteiger partial charge in [-0.15, -0.1) is 0 Å². The molecule has 0 fully saturated rings. The minimum Gasteiger partial charge on any atom is -0.463 e. The molecule has 1 aliphatic heterocycles. The number of rotatable bonds is 5. The number of ether oxygens (including phenoxy) is 1. The van der Waals surface area contributed by atoms with Crippen molar-refractivity contribution in [1.29, 1.82) is 0 Å². The molecule has 0 radical (unpaired) electrons. The lowest BCUT2D eigenvalue weighted by molar-refractivity contribution is -0.139. The molecule has 6 nitrogen and oxygen atoms in total. The number of nitrogens with zero attached hydrogens (tertiary/aromatic N) is 2. The van der Waals surface area contributed by atoms with Crippen molar-refractivity contribution in [3.63, 3.8) is 0 Å². The Bertz CT molecular complexity index is 1730. The second-order valence-electron chi connectivity index (χ2n) is 8.18. The molecule has 0 saturated heterocycles. The molecule has 0 unspecified atom stereocenters. The monoisotopic (exact) mass is 556 g/mol. The third-order valence-corrected chi connectivity index (χ3v) is 7.34. The van der Waals surface area contributed by atoms with Crippen molar-refractivity contribution in [2.45, 2.75) is 19.9 Å². The zero-order valence-corrected chi connectivity index (χ0v) is 22.0. The van der Waals surface area contributed by atoms with E-state index in [9.17, 15) is 14.0 Å². The number of esters is 1. The van der Waals surface area contributed by atoms with E-state index in [1.807, 2.05) is 0 Å². The van der Waals surface area contributed by atoms with Crippen LogP contribution in [0.1, 0.15) is 31.2 Å². The summed E-state index contributed by atoms with van der Waals surface area (Å²) in [6.07, 6.45) is 1.61. The van der Waals surface area contributed by atoms with Gasteiger partial charge < -0.3 is 9.15 Å². The number of hydrogen-bond acceptors (Lipinski definition) is 6. The predicted octanol–water partition coefficient (Wildman–Crippen LogP) is 5.50. The second kappa shape index (κ2) is 10.1. The fraction of sp³-hybridized carbons (Fsp3) is 0.148. The van der Waals surface area contributed by atoms with Gasteiger partial charge in [0.05, 0.1) is 33.5 Å². The highest BCUT2D eigenvalue weighted by Gasteiger charge is 2.33. The fourth-order valence-corrected chi connectivity index (χ4v) is 5.55. The van der Waals surface area contributed by atoms with Crippen LogP contribution in [0.5, 0.6) is 0 Å². The van der Waals surface area contributed by atoms with Gasteiger partial charge in [-0.05, 0) is 61.9 Å². The van der Waals surface area contributed by atoms with Crippen LogP contribution in [-0.4, -0.2) is 17.1 Å². The smallest absolute Gasteiger partial charge is 0.338 e. The molecule has 0 bridgehead atoms. The van der Waals surface area contributed by atoms with Crippen LogP contribution < -0.4 is 14.9 Å². The number of fused-ring (bicyclic) bond motifs is 1. The minimum atomic E-state index is -0.824. The van der Waals surface area contributed by atoms with Crippen molar-refractivity contribution in [3.05, 3.63) is 113 Å². The Morgan fingerprint density at radius 3 is 2.68 bits per heavy atom. The Morgan fingerprint density at radius 2 is 1.95 bits per heavy atom. The maximum atomic E-state index is 13.7. The van der Waals surface area contributed by atoms with E-state index >= 15 is 0 Å². The molecule has 37 heavy (non-hydrogen) atoms. The quantitative estimate of drug-likeness (QED) is 0.304. The third kappa shape index (κ3) is 4.80. The number of hydrogen-bond donors (Lipinski definition) is 0. The number of allylic oxidation sites excluding steroid dienone is 1. The van der Waals surface area contributed by atoms with Crippen molar-refractivity contribution in [2.24, 2.45) is 4.99 Å². The molecule has 10 heteroatoms. The van der Waals surface area contributed by atoms with Crippen LogP contribution in [0.25, 0.3) is 17.4 Å². The van der Waals surface area contributed by atoms with Gasteiger partial charge >= 0.3 is 5.97 Å². The summed E-state index contributed by atoms with van der Waals surface area (Å²) in [5.41, 5.74) is 1.47. The van der Waals surface area contributed by atoms with Crippen LogP contribution in [-0.2, 0) is 9.53 Å². The molecular formula is C27H19Cl2FN2O4S. The third-order valence-electron chi connectivity index (χ3n) is 5.80. The first kappa shape index (κ1) is 25.2. The summed E-state index contributed by atoms with van der Waals surface area (Å²) in [5, 5.41) is 0.991. The average Bonchev–Trinajstić information content (AvgIpc) is 3.45. The molecule has 188 valence electrons. The van der Waals surface area contributed by atoms with Crippen LogP contribution >= 0.6 is 34.5 Å². The van der Waals surface area contributed by atoms with E-state index in [1.165, 1.54) is 16.7 Å². The fourth-order valence-electron chi connectivity index (χ4n) is 4.14. The molecule has 0 N–H and O–H groups in total. The van der Waals surface area contributed by atoms with E-state index in [-0.39, 0.29) is 17.7 Å². The van der Waals surface area contributed by atoms with Gasteiger partial charge in [-0.1, -0.05) is 46.7 Å². The van der Waals surface area contributed by atoms with Crippen LogP contribution in [0.2, 0.25) is 10.0 Å². The van der Waals surface area contributed by atoms with Crippen molar-refractivity contribution in [1.82, 2.24) is 4.57 Å². The van der Waals surface area contributed by atoms with Gasteiger partial charge in [0, 0.05) is 16.7 Å². The number of carbonyl (C=O) groups excluding carboxylic acids is 1. The van der Waals surface area contributed by atoms with E-state index in [0.29, 0.717) is 47.7 Å². The molecule has 1 atom stereocenters. The lowest BCUT2D eigenvalue weighted by Crippen LogP contribution is -2.39. The van der Waals surface area contributed by atoms with Gasteiger partial charge in [-0.2, -0.15) is 0 Å². The van der Waals surface area contributed by atoms with Crippen LogP contribution in [0.3, 0.4) is 0 Å². The first-order valence-electron chi connectivity index (χ1n) is 11.3. The summed E-state index contributed by atoms with van der Waals surface area (Å²) < 4.78 is 26.7. The average molecular weight is 557 g/mol. The number of carbonyl (C=O) groups is 1. The zero-order valence-electron chi connectivity index (χ0n) is 19.6. The maximum Gasteiger partial charge on any atom is 0.338 e. The van der Waals surface area contributed by atoms with Gasteiger partial charge in [-0.3, -0.25) is 9.36 Å². The molecule has 5 rings (SSSR count). The SMILES string of the molecule is CCOC(=O)C1=C(C)N=c2s/c(=C\c3ccc(-c4cc(Cl)ccc4Cl)o3)c(=O)n2[C@H]1c1ccc(F)cc1. The van der Waals surface area contributed by atoms with Crippen LogP contribution in [0, 0.1) is 5.82 Å². The summed E-state index contributed by atoms with van der Waals surface area (Å²) in [6, 6.07) is 13.4. The zero-order chi connectivity index (χ0) is 26.3. The summed E-state index contributed by atoms with van der Waals surface area (Å²) in [7, 11) is 0. The number of aromatic nitrogens is 1. The van der Waals surface area contributed by atoms with Crippen LogP contribution in [0.4, 0.5) is 4.39 Å². The lowest BCUT2D eigenvalue weighted by atomic mass is 9.96. The number of benzene rings is 2. The molecule has 0 spiro atoms. The van der Waals surface area contributed by atoms with Crippen LogP contribution in [0.15, 0.2) is 80.1 Å². The Balaban J connectivity index is 1.64. The molecule has 4 aromatic rings. The van der Waals surface area contributed by atoms with E-state index in [2.05, 4.69) is 4.99 Å². The van der Waals surface area contributed by atoms with E-state index in [1.54, 1.807) is 62.4 Å². The Hall–Kier alpha value is -3.46. The maximum absolute atomic E-state index is 13.7. The van der Waals surface area contributed by atoms with Gasteiger partial charge in [-0.25, -0.2) is 14.2 Å². The largest absolute Gasteiger partial charge is 0.463 e. The standard InChI is InChI=1S/C27H19Cl2FN2O4S/c1-3-35-26(34)23-14(2)31-27-32(24(23)15-4-7-17(30)8-5-15)25(33)22(37-27)13-18-9-11-21(36-18)19-12-16(28)6-10-20(19)29/h4-13,24H,3H2,1-2H3/b22-13-/t24-/m0/s1. The number of thiazole rings is 1. The molecule has 0 amide bonds. The summed E-state index contributed by atoms with van der Waals surface area (Å²) in [4.78, 5) is 31.5. The molecule has 0 saturated carbocycles. The number of halogens is 3. The van der Waals surface area contributed by atoms with Crippen molar-refractivity contribution < 1.29 is 18.3 Å². The molecule has 3 heterocycles. The van der Waals surface area contributed by atoms with Crippen molar-refractivity contribution >= 4 is 46.6 Å². The van der Waals surface area contributed by atoms with E-state index < -0.39 is 17.8 Å². The van der Waals surface area contributed by atoms with E-state index in [0.717, 1.165) is 11.3 Å². The second-order valence-corrected chi connectivity index (χ2v) is 10.0. The topological polar surface area (TPSA) is 73.8 Å². The van der Waals surface area contributed by atoms with Crippen molar-refractivity contribution in [3.8, 4) is 11.3 Å². The predicted molar refractivity (Wildman–Crippen MR) is 141 cm³/mol. The Morgan fingerprint density at radius 1 is 1.19 bits per heavy atom. The van der Waals surface area contributed by atoms with Gasteiger partial charge in [0.2, 0.25) is 0 Å². The summed E-state index contributed by atoms with van der Waals surface area (Å²) in [5.74, 6) is -0.0865. The normalized spacial score (nSPS) is 15.5. The summed E-state index contributed by atoms with van der Waals surface area (Å²) in [6.45, 7) is 3.55. The Kier molecular flexibility index (Phi) is 6.90. The summed E-state index contributed by atoms with van der Waals surface area (Å²) >= 11 is 13.6. The van der Waals surface area contributed by atoms with Gasteiger partial charge in [0.15, 0.2) is 4.80 Å². The highest BCUT2D eigenvalue weighted by atomic mass is 35.5. The molecule has 0 aliphatic carbocycles. The van der Waals surface area contributed by atoms with Gasteiger partial charge in [0.1, 0.15) is 17.3 Å². The highest BCUT2D eigenvalue weighted by Crippen LogP contribution is 2.33. The minimum absolute atomic E-state index is 0.160. The Labute approximate surface area is 224 Å². The van der Waals surface area contributed by atoms with Gasteiger partial charge in [0.25, 0.3) is 5.56 Å². The first-order valence-corrected chi connectivity index (χ1v) is 12.8. The molecular weight excluding hydrogens is 538 g/mol. The lowest BCUT2D eigenvalue weighted by Gasteiger charge is -2.24. The number of furan rings is 1.